The van der Waals surface area contributed by atoms with Gasteiger partial charge in [-0.05, 0) is 36.8 Å². The third-order valence-corrected chi connectivity index (χ3v) is 4.94. The first kappa shape index (κ1) is 15.4. The van der Waals surface area contributed by atoms with Gasteiger partial charge in [0.25, 0.3) is 0 Å². The summed E-state index contributed by atoms with van der Waals surface area (Å²) < 4.78 is 8.03. The number of aromatic nitrogens is 3. The highest BCUT2D eigenvalue weighted by Gasteiger charge is 2.19. The van der Waals surface area contributed by atoms with E-state index in [9.17, 15) is 0 Å². The van der Waals surface area contributed by atoms with Crippen LogP contribution in [-0.4, -0.2) is 47.2 Å². The van der Waals surface area contributed by atoms with Gasteiger partial charge in [-0.25, -0.2) is 4.98 Å². The first-order valence-corrected chi connectivity index (χ1v) is 9.02. The van der Waals surface area contributed by atoms with Gasteiger partial charge in [0.05, 0.1) is 5.69 Å². The lowest BCUT2D eigenvalue weighted by molar-refractivity contribution is 0.350. The van der Waals surface area contributed by atoms with E-state index in [0.717, 1.165) is 54.5 Å². The lowest BCUT2D eigenvalue weighted by atomic mass is 10.1. The number of nitrogens with zero attached hydrogens (tertiary/aromatic N) is 4. The maximum Gasteiger partial charge on any atom is 0.223 e. The Morgan fingerprint density at radius 1 is 1.04 bits per heavy atom. The number of piperazine rings is 1. The summed E-state index contributed by atoms with van der Waals surface area (Å²) in [5, 5.41) is 3.37. The van der Waals surface area contributed by atoms with Crippen molar-refractivity contribution in [3.63, 3.8) is 0 Å². The minimum atomic E-state index is 0.494. The highest BCUT2D eigenvalue weighted by Crippen LogP contribution is 2.31. The summed E-state index contributed by atoms with van der Waals surface area (Å²) in [5.41, 5.74) is 5.20. The van der Waals surface area contributed by atoms with E-state index in [1.165, 1.54) is 5.56 Å². The number of ether oxygens (including phenoxy) is 1. The average Bonchev–Trinajstić information content (AvgIpc) is 3.11. The molecule has 26 heavy (non-hydrogen) atoms. The summed E-state index contributed by atoms with van der Waals surface area (Å²) >= 11 is 0. The van der Waals surface area contributed by atoms with Crippen molar-refractivity contribution in [2.45, 2.75) is 6.92 Å². The van der Waals surface area contributed by atoms with Crippen LogP contribution in [0.2, 0.25) is 0 Å². The molecule has 0 spiro atoms. The number of aryl methyl sites for hydroxylation is 1. The molecule has 6 heteroatoms. The Kier molecular flexibility index (Phi) is 3.64. The summed E-state index contributed by atoms with van der Waals surface area (Å²) in [5.74, 6) is 1.70. The number of anilines is 1. The van der Waals surface area contributed by atoms with Gasteiger partial charge in [-0.2, -0.15) is 4.98 Å². The molecule has 3 aromatic rings. The Hall–Kier alpha value is -2.86. The van der Waals surface area contributed by atoms with E-state index in [4.69, 9.17) is 14.7 Å². The molecule has 3 aromatic heterocycles. The minimum Gasteiger partial charge on any atom is -0.472 e. The van der Waals surface area contributed by atoms with Crippen molar-refractivity contribution >= 4 is 23.1 Å². The molecule has 0 radical (unpaired) electrons. The standard InChI is InChI=1S/C20H21N5O/c1-14-2-4-18-22-17(12-25(18)11-14)16-10-15-3-5-19(23-20(15)26-13-16)24-8-6-21-7-9-24/h2-5,10-12,21H,6-9,13H2,1H3. The predicted molar refractivity (Wildman–Crippen MR) is 103 cm³/mol. The second-order valence-electron chi connectivity index (χ2n) is 6.86. The third-order valence-electron chi connectivity index (χ3n) is 4.94. The molecule has 1 fully saturated rings. The van der Waals surface area contributed by atoms with Crippen molar-refractivity contribution in [2.75, 3.05) is 37.7 Å². The van der Waals surface area contributed by atoms with Gasteiger partial charge < -0.3 is 19.4 Å². The van der Waals surface area contributed by atoms with E-state index in [2.05, 4.69) is 58.2 Å². The zero-order chi connectivity index (χ0) is 17.5. The van der Waals surface area contributed by atoms with Crippen LogP contribution >= 0.6 is 0 Å². The topological polar surface area (TPSA) is 54.7 Å². The Morgan fingerprint density at radius 2 is 1.92 bits per heavy atom. The summed E-state index contributed by atoms with van der Waals surface area (Å²) in [6.45, 7) is 6.53. The second-order valence-corrected chi connectivity index (χ2v) is 6.86. The predicted octanol–water partition coefficient (Wildman–Crippen LogP) is 2.38. The van der Waals surface area contributed by atoms with E-state index in [1.54, 1.807) is 0 Å². The molecule has 0 unspecified atom stereocenters. The number of fused-ring (bicyclic) bond motifs is 2. The van der Waals surface area contributed by atoms with Crippen LogP contribution in [0.25, 0.3) is 17.3 Å². The molecule has 1 N–H and O–H groups in total. The Morgan fingerprint density at radius 3 is 2.81 bits per heavy atom. The smallest absolute Gasteiger partial charge is 0.223 e. The van der Waals surface area contributed by atoms with E-state index in [1.807, 2.05) is 6.07 Å². The fraction of sp³-hybridized carbons (Fsp3) is 0.300. The lowest BCUT2D eigenvalue weighted by Gasteiger charge is -2.29. The lowest BCUT2D eigenvalue weighted by Crippen LogP contribution is -2.43. The van der Waals surface area contributed by atoms with Gasteiger partial charge in [0.15, 0.2) is 0 Å². The molecule has 0 amide bonds. The maximum absolute atomic E-state index is 5.97. The van der Waals surface area contributed by atoms with Crippen LogP contribution < -0.4 is 15.0 Å². The molecule has 0 saturated carbocycles. The van der Waals surface area contributed by atoms with Crippen LogP contribution in [0.5, 0.6) is 5.88 Å². The fourth-order valence-corrected chi connectivity index (χ4v) is 3.52. The number of imidazole rings is 1. The maximum atomic E-state index is 5.97. The quantitative estimate of drug-likeness (QED) is 0.771. The van der Waals surface area contributed by atoms with Crippen LogP contribution in [0.3, 0.4) is 0 Å². The first-order chi connectivity index (χ1) is 12.8. The van der Waals surface area contributed by atoms with Crippen molar-refractivity contribution in [2.24, 2.45) is 0 Å². The molecular weight excluding hydrogens is 326 g/mol. The normalized spacial score (nSPS) is 17.0. The molecule has 0 aliphatic carbocycles. The molecule has 2 aliphatic heterocycles. The van der Waals surface area contributed by atoms with Gasteiger partial charge in [-0.1, -0.05) is 6.07 Å². The molecule has 0 bridgehead atoms. The number of hydrogen-bond donors (Lipinski definition) is 1. The van der Waals surface area contributed by atoms with Crippen molar-refractivity contribution < 1.29 is 4.74 Å². The van der Waals surface area contributed by atoms with Crippen LogP contribution in [0.4, 0.5) is 5.82 Å². The first-order valence-electron chi connectivity index (χ1n) is 9.02. The number of pyridine rings is 2. The van der Waals surface area contributed by atoms with Crippen LogP contribution in [0.1, 0.15) is 16.8 Å². The SMILES string of the molecule is Cc1ccc2nc(C3=Cc4ccc(N5CCNCC5)nc4OC3)cn2c1. The highest BCUT2D eigenvalue weighted by atomic mass is 16.5. The van der Waals surface area contributed by atoms with Gasteiger partial charge >= 0.3 is 0 Å². The van der Waals surface area contributed by atoms with Gasteiger partial charge in [0.2, 0.25) is 5.88 Å². The monoisotopic (exact) mass is 347 g/mol. The Bertz CT molecular complexity index is 1000. The van der Waals surface area contributed by atoms with Gasteiger partial charge in [-0.3, -0.25) is 0 Å². The van der Waals surface area contributed by atoms with Crippen molar-refractivity contribution in [1.29, 1.82) is 0 Å². The summed E-state index contributed by atoms with van der Waals surface area (Å²) in [7, 11) is 0. The summed E-state index contributed by atoms with van der Waals surface area (Å²) in [6, 6.07) is 8.30. The number of nitrogens with one attached hydrogen (secondary N) is 1. The molecule has 2 aliphatic rings. The minimum absolute atomic E-state index is 0.494. The van der Waals surface area contributed by atoms with Crippen molar-refractivity contribution in [1.82, 2.24) is 19.7 Å². The van der Waals surface area contributed by atoms with Crippen LogP contribution in [0, 0.1) is 6.92 Å². The van der Waals surface area contributed by atoms with E-state index in [0.29, 0.717) is 12.5 Å². The molecule has 6 nitrogen and oxygen atoms in total. The van der Waals surface area contributed by atoms with Gasteiger partial charge in [-0.15, -0.1) is 0 Å². The van der Waals surface area contributed by atoms with E-state index >= 15 is 0 Å². The van der Waals surface area contributed by atoms with Gasteiger partial charge in [0, 0.05) is 49.7 Å². The zero-order valence-corrected chi connectivity index (χ0v) is 14.8. The van der Waals surface area contributed by atoms with Gasteiger partial charge in [0.1, 0.15) is 18.1 Å². The zero-order valence-electron chi connectivity index (χ0n) is 14.8. The molecule has 5 heterocycles. The molecule has 1 saturated heterocycles. The molecule has 0 aromatic carbocycles. The van der Waals surface area contributed by atoms with Crippen molar-refractivity contribution in [3.8, 4) is 5.88 Å². The number of hydrogen-bond acceptors (Lipinski definition) is 5. The third kappa shape index (κ3) is 2.72. The molecule has 0 atom stereocenters. The number of rotatable bonds is 2. The van der Waals surface area contributed by atoms with E-state index < -0.39 is 0 Å². The fourth-order valence-electron chi connectivity index (χ4n) is 3.52. The molecule has 5 rings (SSSR count). The largest absolute Gasteiger partial charge is 0.472 e. The van der Waals surface area contributed by atoms with Crippen LogP contribution in [0.15, 0.2) is 36.7 Å². The van der Waals surface area contributed by atoms with Crippen molar-refractivity contribution in [3.05, 3.63) is 53.5 Å². The Balaban J connectivity index is 1.46. The average molecular weight is 347 g/mol. The molecule has 132 valence electrons. The Labute approximate surface area is 152 Å². The molecular formula is C20H21N5O. The summed E-state index contributed by atoms with van der Waals surface area (Å²) in [4.78, 5) is 11.7. The van der Waals surface area contributed by atoms with E-state index in [-0.39, 0.29) is 0 Å². The summed E-state index contributed by atoms with van der Waals surface area (Å²) in [6.07, 6.45) is 6.29. The second kappa shape index (κ2) is 6.14. The van der Waals surface area contributed by atoms with Crippen LogP contribution in [-0.2, 0) is 0 Å². The highest BCUT2D eigenvalue weighted by molar-refractivity contribution is 5.84.